The lowest BCUT2D eigenvalue weighted by Gasteiger charge is -2.31. The van der Waals surface area contributed by atoms with Crippen LogP contribution < -0.4 is 5.32 Å². The Morgan fingerprint density at radius 2 is 1.62 bits per heavy atom. The molecule has 0 heterocycles. The van der Waals surface area contributed by atoms with Crippen molar-refractivity contribution < 1.29 is 9.59 Å². The summed E-state index contributed by atoms with van der Waals surface area (Å²) >= 11 is 0. The average Bonchev–Trinajstić information content (AvgIpc) is 2.77. The Balaban J connectivity index is 2.19. The van der Waals surface area contributed by atoms with E-state index in [1.165, 1.54) is 5.56 Å². The van der Waals surface area contributed by atoms with Crippen LogP contribution in [0.4, 0.5) is 0 Å². The first kappa shape index (κ1) is 25.6. The van der Waals surface area contributed by atoms with E-state index in [1.807, 2.05) is 45.9 Å². The Bertz CT molecular complexity index is 873. The second kappa shape index (κ2) is 12.4. The first-order valence-corrected chi connectivity index (χ1v) is 12.0. The van der Waals surface area contributed by atoms with Crippen LogP contribution in [0.25, 0.3) is 0 Å². The van der Waals surface area contributed by atoms with Gasteiger partial charge in [0.25, 0.3) is 0 Å². The van der Waals surface area contributed by atoms with Crippen molar-refractivity contribution in [3.8, 4) is 0 Å². The van der Waals surface area contributed by atoms with Crippen LogP contribution in [0.3, 0.4) is 0 Å². The Morgan fingerprint density at radius 1 is 0.938 bits per heavy atom. The molecule has 32 heavy (non-hydrogen) atoms. The summed E-state index contributed by atoms with van der Waals surface area (Å²) in [7, 11) is 0. The summed E-state index contributed by atoms with van der Waals surface area (Å²) in [6, 6.07) is 16.3. The van der Waals surface area contributed by atoms with E-state index >= 15 is 0 Å². The maximum absolute atomic E-state index is 13.4. The van der Waals surface area contributed by atoms with E-state index in [2.05, 4.69) is 49.5 Å². The summed E-state index contributed by atoms with van der Waals surface area (Å²) < 4.78 is 0. The van der Waals surface area contributed by atoms with Gasteiger partial charge in [-0.3, -0.25) is 9.59 Å². The molecule has 2 amide bonds. The van der Waals surface area contributed by atoms with Crippen molar-refractivity contribution in [2.45, 2.75) is 91.8 Å². The molecule has 2 rings (SSSR count). The van der Waals surface area contributed by atoms with Gasteiger partial charge in [-0.1, -0.05) is 81.8 Å². The fraction of sp³-hybridized carbons (Fsp3) is 0.500. The van der Waals surface area contributed by atoms with Gasteiger partial charge in [0.15, 0.2) is 0 Å². The molecule has 2 aromatic carbocycles. The molecule has 1 N–H and O–H groups in total. The molecule has 0 fully saturated rings. The van der Waals surface area contributed by atoms with E-state index in [-0.39, 0.29) is 17.9 Å². The zero-order valence-electron chi connectivity index (χ0n) is 20.7. The molecule has 2 aromatic rings. The van der Waals surface area contributed by atoms with E-state index in [4.69, 9.17) is 0 Å². The van der Waals surface area contributed by atoms with Gasteiger partial charge in [0.2, 0.25) is 11.8 Å². The highest BCUT2D eigenvalue weighted by Crippen LogP contribution is 2.18. The third-order valence-electron chi connectivity index (χ3n) is 6.10. The SMILES string of the molecule is CC[C@@H](C)NC(=O)[C@@H](CC)N(Cc1cccc(C)c1)C(=O)CCc1ccc(C(C)C)cc1. The number of amides is 2. The number of nitrogens with one attached hydrogen (secondary N) is 1. The molecule has 0 bridgehead atoms. The number of rotatable bonds is 11. The number of hydrogen-bond acceptors (Lipinski definition) is 2. The zero-order valence-corrected chi connectivity index (χ0v) is 20.7. The lowest BCUT2D eigenvalue weighted by atomic mass is 10.00. The lowest BCUT2D eigenvalue weighted by Crippen LogP contribution is -2.50. The molecular weight excluding hydrogens is 396 g/mol. The number of carbonyl (C=O) groups excluding carboxylic acids is 2. The topological polar surface area (TPSA) is 49.4 Å². The van der Waals surface area contributed by atoms with E-state index in [9.17, 15) is 9.59 Å². The van der Waals surface area contributed by atoms with Gasteiger partial charge in [0.1, 0.15) is 6.04 Å². The highest BCUT2D eigenvalue weighted by atomic mass is 16.2. The summed E-state index contributed by atoms with van der Waals surface area (Å²) in [5.41, 5.74) is 4.65. The number of nitrogens with zero attached hydrogens (tertiary/aromatic N) is 1. The van der Waals surface area contributed by atoms with Crippen LogP contribution in [0.2, 0.25) is 0 Å². The minimum Gasteiger partial charge on any atom is -0.352 e. The lowest BCUT2D eigenvalue weighted by molar-refractivity contribution is -0.141. The number of benzene rings is 2. The van der Waals surface area contributed by atoms with Crippen molar-refractivity contribution in [2.75, 3.05) is 0 Å². The highest BCUT2D eigenvalue weighted by molar-refractivity contribution is 5.87. The second-order valence-electron chi connectivity index (χ2n) is 9.15. The summed E-state index contributed by atoms with van der Waals surface area (Å²) in [5.74, 6) is 0.444. The number of hydrogen-bond donors (Lipinski definition) is 1. The van der Waals surface area contributed by atoms with Crippen LogP contribution in [-0.4, -0.2) is 28.8 Å². The van der Waals surface area contributed by atoms with Crippen molar-refractivity contribution in [3.05, 3.63) is 70.8 Å². The zero-order chi connectivity index (χ0) is 23.7. The van der Waals surface area contributed by atoms with Crippen molar-refractivity contribution in [2.24, 2.45) is 0 Å². The summed E-state index contributed by atoms with van der Waals surface area (Å²) in [5, 5.41) is 3.07. The van der Waals surface area contributed by atoms with E-state index in [0.717, 1.165) is 23.1 Å². The second-order valence-corrected chi connectivity index (χ2v) is 9.15. The first-order valence-electron chi connectivity index (χ1n) is 12.0. The summed E-state index contributed by atoms with van der Waals surface area (Å²) in [6.07, 6.45) is 2.51. The summed E-state index contributed by atoms with van der Waals surface area (Å²) in [6.45, 7) is 12.9. The van der Waals surface area contributed by atoms with Crippen LogP contribution in [0.5, 0.6) is 0 Å². The predicted octanol–water partition coefficient (Wildman–Crippen LogP) is 5.77. The van der Waals surface area contributed by atoms with Crippen LogP contribution in [-0.2, 0) is 22.6 Å². The van der Waals surface area contributed by atoms with Gasteiger partial charge < -0.3 is 10.2 Å². The van der Waals surface area contributed by atoms with Gasteiger partial charge in [-0.2, -0.15) is 0 Å². The fourth-order valence-corrected chi connectivity index (χ4v) is 3.83. The quantitative estimate of drug-likeness (QED) is 0.486. The third-order valence-corrected chi connectivity index (χ3v) is 6.10. The maximum Gasteiger partial charge on any atom is 0.243 e. The molecule has 4 heteroatoms. The van der Waals surface area contributed by atoms with Crippen LogP contribution in [0.15, 0.2) is 48.5 Å². The van der Waals surface area contributed by atoms with Gasteiger partial charge >= 0.3 is 0 Å². The van der Waals surface area contributed by atoms with Crippen molar-refractivity contribution in [3.63, 3.8) is 0 Å². The number of carbonyl (C=O) groups is 2. The van der Waals surface area contributed by atoms with Gasteiger partial charge in [-0.15, -0.1) is 0 Å². The molecular formula is C28H40N2O2. The molecule has 0 aliphatic rings. The van der Waals surface area contributed by atoms with Gasteiger partial charge in [-0.25, -0.2) is 0 Å². The van der Waals surface area contributed by atoms with E-state index < -0.39 is 6.04 Å². The largest absolute Gasteiger partial charge is 0.352 e. The van der Waals surface area contributed by atoms with Crippen molar-refractivity contribution in [1.29, 1.82) is 0 Å². The molecule has 2 atom stereocenters. The van der Waals surface area contributed by atoms with E-state index in [0.29, 0.717) is 31.7 Å². The van der Waals surface area contributed by atoms with Crippen molar-refractivity contribution in [1.82, 2.24) is 10.2 Å². The molecule has 174 valence electrons. The molecule has 0 saturated heterocycles. The Hall–Kier alpha value is -2.62. The minimum atomic E-state index is -0.472. The fourth-order valence-electron chi connectivity index (χ4n) is 3.83. The number of aryl methyl sites for hydroxylation is 2. The maximum atomic E-state index is 13.4. The van der Waals surface area contributed by atoms with Crippen molar-refractivity contribution >= 4 is 11.8 Å². The smallest absolute Gasteiger partial charge is 0.243 e. The van der Waals surface area contributed by atoms with Crippen LogP contribution in [0, 0.1) is 6.92 Å². The average molecular weight is 437 g/mol. The molecule has 0 radical (unpaired) electrons. The third kappa shape index (κ3) is 7.51. The normalized spacial score (nSPS) is 13.0. The molecule has 0 aromatic heterocycles. The molecule has 0 spiro atoms. The predicted molar refractivity (Wildman–Crippen MR) is 133 cm³/mol. The van der Waals surface area contributed by atoms with Crippen LogP contribution >= 0.6 is 0 Å². The molecule has 0 unspecified atom stereocenters. The first-order chi connectivity index (χ1) is 15.2. The van der Waals surface area contributed by atoms with Crippen LogP contribution in [0.1, 0.15) is 82.1 Å². The Morgan fingerprint density at radius 3 is 2.19 bits per heavy atom. The Kier molecular flexibility index (Phi) is 9.96. The highest BCUT2D eigenvalue weighted by Gasteiger charge is 2.29. The Labute approximate surface area is 194 Å². The molecule has 0 saturated carbocycles. The standard InChI is InChI=1S/C28H40N2O2/c1-7-22(6)29-28(32)26(8-2)30(19-24-11-9-10-21(5)18-24)27(31)17-14-23-12-15-25(16-13-23)20(3)4/h9-13,15-16,18,20,22,26H,7-8,14,17,19H2,1-6H3,(H,29,32)/t22-,26-/m1/s1. The molecule has 4 nitrogen and oxygen atoms in total. The summed E-state index contributed by atoms with van der Waals surface area (Å²) in [4.78, 5) is 28.2. The van der Waals surface area contributed by atoms with Gasteiger partial charge in [0.05, 0.1) is 0 Å². The minimum absolute atomic E-state index is 0.0191. The molecule has 0 aliphatic heterocycles. The van der Waals surface area contributed by atoms with Gasteiger partial charge in [-0.05, 0) is 55.7 Å². The van der Waals surface area contributed by atoms with Gasteiger partial charge in [0, 0.05) is 19.0 Å². The monoisotopic (exact) mass is 436 g/mol. The van der Waals surface area contributed by atoms with E-state index in [1.54, 1.807) is 4.90 Å². The molecule has 0 aliphatic carbocycles.